The molecule has 1 N–H and O–H groups in total. The van der Waals surface area contributed by atoms with Crippen LogP contribution < -0.4 is 0 Å². The number of rotatable bonds is 4. The lowest BCUT2D eigenvalue weighted by atomic mass is 10.3. The van der Waals surface area contributed by atoms with E-state index in [0.717, 1.165) is 9.37 Å². The van der Waals surface area contributed by atoms with Gasteiger partial charge in [-0.05, 0) is 28.1 Å². The van der Waals surface area contributed by atoms with E-state index in [1.165, 1.54) is 0 Å². The van der Waals surface area contributed by atoms with Crippen LogP contribution in [0, 0.1) is 0 Å². The van der Waals surface area contributed by atoms with Gasteiger partial charge >= 0.3 is 0 Å². The average Bonchev–Trinajstić information content (AvgIpc) is 2.38. The maximum atomic E-state index is 9.93. The molecule has 1 aromatic carbocycles. The zero-order valence-corrected chi connectivity index (χ0v) is 11.4. The Morgan fingerprint density at radius 2 is 2.12 bits per heavy atom. The molecule has 0 aliphatic rings. The molecule has 0 aliphatic carbocycles. The van der Waals surface area contributed by atoms with Crippen molar-refractivity contribution in [2.75, 3.05) is 5.75 Å². The molecule has 2 rings (SSSR count). The van der Waals surface area contributed by atoms with E-state index in [4.69, 9.17) is 0 Å². The van der Waals surface area contributed by atoms with Crippen molar-refractivity contribution in [2.24, 2.45) is 0 Å². The molecule has 1 aromatic heterocycles. The number of nitrogens with zero attached hydrogens (tertiary/aromatic N) is 2. The number of hydrogen-bond donors (Lipinski definition) is 1. The van der Waals surface area contributed by atoms with Crippen LogP contribution >= 0.6 is 27.7 Å². The minimum Gasteiger partial charge on any atom is -0.386 e. The summed E-state index contributed by atoms with van der Waals surface area (Å²) in [5, 5.41) is 9.93. The molecule has 0 saturated heterocycles. The Morgan fingerprint density at radius 3 is 2.82 bits per heavy atom. The van der Waals surface area contributed by atoms with Crippen LogP contribution in [0.25, 0.3) is 0 Å². The van der Waals surface area contributed by atoms with Crippen LogP contribution in [0.15, 0.2) is 52.2 Å². The van der Waals surface area contributed by atoms with Crippen molar-refractivity contribution in [3.8, 4) is 0 Å². The molecular weight excluding hydrogens is 300 g/mol. The van der Waals surface area contributed by atoms with E-state index in [1.807, 2.05) is 24.3 Å². The van der Waals surface area contributed by atoms with Gasteiger partial charge < -0.3 is 5.11 Å². The van der Waals surface area contributed by atoms with Crippen LogP contribution in [0.3, 0.4) is 0 Å². The van der Waals surface area contributed by atoms with Gasteiger partial charge in [0.2, 0.25) is 0 Å². The summed E-state index contributed by atoms with van der Waals surface area (Å²) >= 11 is 5.06. The summed E-state index contributed by atoms with van der Waals surface area (Å²) in [4.78, 5) is 9.12. The Bertz CT molecular complexity index is 481. The van der Waals surface area contributed by atoms with Gasteiger partial charge in [0.05, 0.1) is 11.9 Å². The molecule has 1 atom stereocenters. The molecule has 0 amide bonds. The van der Waals surface area contributed by atoms with Crippen LogP contribution in [0.4, 0.5) is 0 Å². The van der Waals surface area contributed by atoms with Crippen molar-refractivity contribution < 1.29 is 5.11 Å². The van der Waals surface area contributed by atoms with Crippen LogP contribution in [0.2, 0.25) is 0 Å². The average molecular weight is 311 g/mol. The molecule has 0 radical (unpaired) electrons. The molecule has 0 saturated carbocycles. The van der Waals surface area contributed by atoms with Crippen molar-refractivity contribution in [1.29, 1.82) is 0 Å². The number of aliphatic hydroxyl groups is 1. The van der Waals surface area contributed by atoms with Crippen molar-refractivity contribution in [1.82, 2.24) is 9.97 Å². The molecule has 0 fully saturated rings. The second-order valence-electron chi connectivity index (χ2n) is 3.39. The largest absolute Gasteiger partial charge is 0.386 e. The zero-order valence-electron chi connectivity index (χ0n) is 8.95. The molecule has 88 valence electrons. The molecule has 5 heteroatoms. The molecule has 3 nitrogen and oxygen atoms in total. The lowest BCUT2D eigenvalue weighted by Crippen LogP contribution is -2.03. The number of halogens is 1. The standard InChI is InChI=1S/C12H11BrN2OS/c13-9-3-1-2-4-12(9)17-8-11(16)10-7-14-5-6-15-10/h1-7,11,16H,8H2. The Balaban J connectivity index is 1.97. The quantitative estimate of drug-likeness (QED) is 0.882. The predicted molar refractivity (Wildman–Crippen MR) is 71.9 cm³/mol. The minimum absolute atomic E-state index is 0.557. The van der Waals surface area contributed by atoms with E-state index in [1.54, 1.807) is 30.4 Å². The first kappa shape index (κ1) is 12.5. The lowest BCUT2D eigenvalue weighted by molar-refractivity contribution is 0.198. The van der Waals surface area contributed by atoms with E-state index in [0.29, 0.717) is 11.4 Å². The summed E-state index contributed by atoms with van der Waals surface area (Å²) in [7, 11) is 0. The first-order chi connectivity index (χ1) is 8.27. The van der Waals surface area contributed by atoms with Gasteiger partial charge in [-0.25, -0.2) is 0 Å². The summed E-state index contributed by atoms with van der Waals surface area (Å²) in [6.07, 6.45) is 4.17. The van der Waals surface area contributed by atoms with Crippen LogP contribution in [-0.4, -0.2) is 20.8 Å². The highest BCUT2D eigenvalue weighted by molar-refractivity contribution is 9.10. The maximum Gasteiger partial charge on any atom is 0.107 e. The highest BCUT2D eigenvalue weighted by Crippen LogP contribution is 2.29. The number of aliphatic hydroxyl groups excluding tert-OH is 1. The monoisotopic (exact) mass is 310 g/mol. The zero-order chi connectivity index (χ0) is 12.1. The Morgan fingerprint density at radius 1 is 1.29 bits per heavy atom. The van der Waals surface area contributed by atoms with Crippen molar-refractivity contribution in [3.05, 3.63) is 53.0 Å². The third kappa shape index (κ3) is 3.52. The van der Waals surface area contributed by atoms with E-state index in [2.05, 4.69) is 25.9 Å². The van der Waals surface area contributed by atoms with E-state index in [9.17, 15) is 5.11 Å². The topological polar surface area (TPSA) is 46.0 Å². The van der Waals surface area contributed by atoms with Gasteiger partial charge in [-0.3, -0.25) is 9.97 Å². The van der Waals surface area contributed by atoms with Crippen LogP contribution in [0.1, 0.15) is 11.8 Å². The Labute approximate surface area is 112 Å². The van der Waals surface area contributed by atoms with Gasteiger partial charge in [0.1, 0.15) is 6.10 Å². The second-order valence-corrected chi connectivity index (χ2v) is 5.30. The molecule has 1 heterocycles. The Kier molecular flexibility index (Phi) is 4.53. The van der Waals surface area contributed by atoms with Crippen molar-refractivity contribution in [3.63, 3.8) is 0 Å². The molecule has 2 aromatic rings. The maximum absolute atomic E-state index is 9.93. The van der Waals surface area contributed by atoms with Gasteiger partial charge in [0.15, 0.2) is 0 Å². The van der Waals surface area contributed by atoms with Gasteiger partial charge in [-0.15, -0.1) is 11.8 Å². The number of aromatic nitrogens is 2. The number of benzene rings is 1. The van der Waals surface area contributed by atoms with Crippen molar-refractivity contribution >= 4 is 27.7 Å². The van der Waals surface area contributed by atoms with Crippen LogP contribution in [-0.2, 0) is 0 Å². The van der Waals surface area contributed by atoms with E-state index < -0.39 is 6.10 Å². The summed E-state index contributed by atoms with van der Waals surface area (Å²) in [5.41, 5.74) is 0.604. The first-order valence-electron chi connectivity index (χ1n) is 5.08. The number of hydrogen-bond acceptors (Lipinski definition) is 4. The van der Waals surface area contributed by atoms with Gasteiger partial charge in [-0.2, -0.15) is 0 Å². The van der Waals surface area contributed by atoms with E-state index in [-0.39, 0.29) is 0 Å². The fraction of sp³-hybridized carbons (Fsp3) is 0.167. The van der Waals surface area contributed by atoms with Gasteiger partial charge in [0, 0.05) is 27.5 Å². The fourth-order valence-corrected chi connectivity index (χ4v) is 2.82. The smallest absolute Gasteiger partial charge is 0.107 e. The van der Waals surface area contributed by atoms with Crippen molar-refractivity contribution in [2.45, 2.75) is 11.0 Å². The van der Waals surface area contributed by atoms with E-state index >= 15 is 0 Å². The first-order valence-corrected chi connectivity index (χ1v) is 6.86. The SMILES string of the molecule is OC(CSc1ccccc1Br)c1cnccn1. The summed E-state index contributed by atoms with van der Waals surface area (Å²) in [5.74, 6) is 0.557. The molecule has 17 heavy (non-hydrogen) atoms. The van der Waals surface area contributed by atoms with Gasteiger partial charge in [0.25, 0.3) is 0 Å². The predicted octanol–water partition coefficient (Wildman–Crippen LogP) is 3.06. The molecule has 0 aliphatic heterocycles. The third-order valence-corrected chi connectivity index (χ3v) is 4.26. The highest BCUT2D eigenvalue weighted by Gasteiger charge is 2.10. The minimum atomic E-state index is -0.596. The van der Waals surface area contributed by atoms with Gasteiger partial charge in [-0.1, -0.05) is 12.1 Å². The number of thioether (sulfide) groups is 1. The fourth-order valence-electron chi connectivity index (χ4n) is 1.30. The molecular formula is C12H11BrN2OS. The summed E-state index contributed by atoms with van der Waals surface area (Å²) in [6, 6.07) is 7.93. The molecule has 0 bridgehead atoms. The highest BCUT2D eigenvalue weighted by atomic mass is 79.9. The normalized spacial score (nSPS) is 12.4. The third-order valence-electron chi connectivity index (χ3n) is 2.16. The summed E-state index contributed by atoms with van der Waals surface area (Å²) in [6.45, 7) is 0. The molecule has 1 unspecified atom stereocenters. The second kappa shape index (κ2) is 6.14. The van der Waals surface area contributed by atoms with Crippen LogP contribution in [0.5, 0.6) is 0 Å². The molecule has 0 spiro atoms. The summed E-state index contributed by atoms with van der Waals surface area (Å²) < 4.78 is 1.04. The lowest BCUT2D eigenvalue weighted by Gasteiger charge is -2.09. The Hall–Kier alpha value is -0.910.